The summed E-state index contributed by atoms with van der Waals surface area (Å²) < 4.78 is 24.6. The Morgan fingerprint density at radius 1 is 1.33 bits per heavy atom. The van der Waals surface area contributed by atoms with Gasteiger partial charge >= 0.3 is 0 Å². The third kappa shape index (κ3) is 5.71. The number of H-pyrrole nitrogens is 1. The highest BCUT2D eigenvalue weighted by Gasteiger charge is 2.32. The number of nitrogens with zero attached hydrogens (tertiary/aromatic N) is 3. The highest BCUT2D eigenvalue weighted by Crippen LogP contribution is 2.23. The van der Waals surface area contributed by atoms with Crippen LogP contribution >= 0.6 is 0 Å². The third-order valence-electron chi connectivity index (χ3n) is 5.54. The van der Waals surface area contributed by atoms with E-state index < -0.39 is 6.04 Å². The minimum absolute atomic E-state index is 0.0771. The SMILES string of the molecule is CN1CC(C(=O)N[C@@H](COCCCC(=O)c2ccon2)c2ncc(-c3ccccc3F)[nH]2)C1. The maximum absolute atomic E-state index is 14.2. The van der Waals surface area contributed by atoms with Crippen molar-refractivity contribution < 1.29 is 23.2 Å². The molecule has 1 amide bonds. The molecule has 0 saturated carbocycles. The molecule has 3 heterocycles. The van der Waals surface area contributed by atoms with Gasteiger partial charge in [-0.05, 0) is 25.6 Å². The molecule has 2 N–H and O–H groups in total. The lowest BCUT2D eigenvalue weighted by Crippen LogP contribution is -2.52. The first-order valence-corrected chi connectivity index (χ1v) is 10.8. The number of ether oxygens (including phenoxy) is 1. The quantitative estimate of drug-likeness (QED) is 0.337. The zero-order valence-corrected chi connectivity index (χ0v) is 18.3. The van der Waals surface area contributed by atoms with E-state index in [0.29, 0.717) is 48.9 Å². The summed E-state index contributed by atoms with van der Waals surface area (Å²) in [5.74, 6) is -0.163. The van der Waals surface area contributed by atoms with Crippen LogP contribution in [-0.4, -0.2) is 65.1 Å². The number of ketones is 1. The smallest absolute Gasteiger partial charge is 0.226 e. The van der Waals surface area contributed by atoms with Gasteiger partial charge < -0.3 is 24.5 Å². The molecule has 1 aliphatic heterocycles. The summed E-state index contributed by atoms with van der Waals surface area (Å²) in [5, 5.41) is 6.62. The Labute approximate surface area is 190 Å². The van der Waals surface area contributed by atoms with Crippen LogP contribution in [0.25, 0.3) is 11.3 Å². The summed E-state index contributed by atoms with van der Waals surface area (Å²) in [4.78, 5) is 34.2. The molecule has 1 saturated heterocycles. The molecule has 1 aromatic carbocycles. The molecule has 0 aliphatic carbocycles. The van der Waals surface area contributed by atoms with E-state index in [0.717, 1.165) is 0 Å². The number of aromatic nitrogens is 3. The number of halogens is 1. The van der Waals surface area contributed by atoms with Crippen molar-refractivity contribution in [2.75, 3.05) is 33.4 Å². The third-order valence-corrected chi connectivity index (χ3v) is 5.54. The largest absolute Gasteiger partial charge is 0.379 e. The van der Waals surface area contributed by atoms with Crippen LogP contribution in [0, 0.1) is 11.7 Å². The van der Waals surface area contributed by atoms with Crippen molar-refractivity contribution in [3.05, 3.63) is 60.1 Å². The first kappa shape index (κ1) is 22.8. The van der Waals surface area contributed by atoms with Crippen LogP contribution in [0.2, 0.25) is 0 Å². The summed E-state index contributed by atoms with van der Waals surface area (Å²) in [5.41, 5.74) is 1.21. The molecule has 4 rings (SSSR count). The molecule has 1 atom stereocenters. The van der Waals surface area contributed by atoms with Crippen LogP contribution in [0.3, 0.4) is 0 Å². The maximum atomic E-state index is 14.2. The molecule has 10 heteroatoms. The van der Waals surface area contributed by atoms with Crippen molar-refractivity contribution in [1.82, 2.24) is 25.3 Å². The second-order valence-electron chi connectivity index (χ2n) is 8.13. The molecular formula is C23H26FN5O4. The summed E-state index contributed by atoms with van der Waals surface area (Å²) in [6, 6.07) is 7.40. The number of carbonyl (C=O) groups excluding carboxylic acids is 2. The molecule has 1 aliphatic rings. The Kier molecular flexibility index (Phi) is 7.26. The maximum Gasteiger partial charge on any atom is 0.226 e. The van der Waals surface area contributed by atoms with Crippen LogP contribution in [0.4, 0.5) is 4.39 Å². The highest BCUT2D eigenvalue weighted by atomic mass is 19.1. The van der Waals surface area contributed by atoms with Crippen LogP contribution < -0.4 is 5.32 Å². The molecule has 1 fully saturated rings. The van der Waals surface area contributed by atoms with Crippen LogP contribution in [0.1, 0.15) is 35.2 Å². The molecule has 0 spiro atoms. The van der Waals surface area contributed by atoms with Gasteiger partial charge in [0, 0.05) is 37.7 Å². The lowest BCUT2D eigenvalue weighted by molar-refractivity contribution is -0.130. The number of carbonyl (C=O) groups is 2. The van der Waals surface area contributed by atoms with Gasteiger partial charge in [0.15, 0.2) is 5.78 Å². The fourth-order valence-electron chi connectivity index (χ4n) is 3.69. The summed E-state index contributed by atoms with van der Waals surface area (Å²) >= 11 is 0. The Bertz CT molecular complexity index is 1080. The second-order valence-corrected chi connectivity index (χ2v) is 8.13. The predicted octanol–water partition coefficient (Wildman–Crippen LogP) is 2.60. The van der Waals surface area contributed by atoms with Gasteiger partial charge in [-0.15, -0.1) is 0 Å². The van der Waals surface area contributed by atoms with E-state index in [4.69, 9.17) is 4.74 Å². The Hall–Kier alpha value is -3.37. The fourth-order valence-corrected chi connectivity index (χ4v) is 3.69. The van der Waals surface area contributed by atoms with Crippen molar-refractivity contribution in [2.45, 2.75) is 18.9 Å². The van der Waals surface area contributed by atoms with Gasteiger partial charge in [0.1, 0.15) is 29.6 Å². The molecular weight excluding hydrogens is 429 g/mol. The molecule has 0 unspecified atom stereocenters. The number of aromatic amines is 1. The normalized spacial score (nSPS) is 15.2. The van der Waals surface area contributed by atoms with Gasteiger partial charge in [-0.2, -0.15) is 0 Å². The number of rotatable bonds is 11. The number of likely N-dealkylation sites (tertiary alicyclic amines) is 1. The highest BCUT2D eigenvalue weighted by molar-refractivity contribution is 5.93. The van der Waals surface area contributed by atoms with E-state index in [2.05, 4.69) is 29.9 Å². The molecule has 9 nitrogen and oxygen atoms in total. The Morgan fingerprint density at radius 3 is 2.88 bits per heavy atom. The zero-order valence-electron chi connectivity index (χ0n) is 18.3. The number of hydrogen-bond donors (Lipinski definition) is 2. The monoisotopic (exact) mass is 455 g/mol. The fraction of sp³-hybridized carbons (Fsp3) is 0.391. The number of nitrogens with one attached hydrogen (secondary N) is 2. The topological polar surface area (TPSA) is 113 Å². The molecule has 0 radical (unpaired) electrons. The van der Waals surface area contributed by atoms with Gasteiger partial charge in [0.05, 0.1) is 24.4 Å². The number of benzene rings is 1. The number of amides is 1. The predicted molar refractivity (Wildman–Crippen MR) is 117 cm³/mol. The van der Waals surface area contributed by atoms with Gasteiger partial charge in [0.25, 0.3) is 0 Å². The standard InChI is InChI=1S/C23H26FN5O4/c1-29-12-15(13-29)23(31)27-20(14-32-9-4-7-21(30)18-8-10-33-28-18)22-25-11-19(26-22)16-5-2-3-6-17(16)24/h2-3,5-6,8,10-11,15,20H,4,7,9,12-14H2,1H3,(H,25,26)(H,27,31)/t20-/m0/s1. The van der Waals surface area contributed by atoms with Gasteiger partial charge in [-0.3, -0.25) is 9.59 Å². The lowest BCUT2D eigenvalue weighted by Gasteiger charge is -2.35. The average molecular weight is 455 g/mol. The van der Waals surface area contributed by atoms with E-state index in [-0.39, 0.29) is 36.5 Å². The van der Waals surface area contributed by atoms with Crippen molar-refractivity contribution in [3.8, 4) is 11.3 Å². The minimum Gasteiger partial charge on any atom is -0.379 e. The van der Waals surface area contributed by atoms with Gasteiger partial charge in [-0.1, -0.05) is 17.3 Å². The summed E-state index contributed by atoms with van der Waals surface area (Å²) in [6.07, 6.45) is 3.67. The minimum atomic E-state index is -0.532. The molecule has 33 heavy (non-hydrogen) atoms. The van der Waals surface area contributed by atoms with Crippen molar-refractivity contribution in [3.63, 3.8) is 0 Å². The van der Waals surface area contributed by atoms with E-state index in [9.17, 15) is 14.0 Å². The molecule has 2 aromatic heterocycles. The van der Waals surface area contributed by atoms with Crippen LogP contribution in [0.15, 0.2) is 47.3 Å². The summed E-state index contributed by atoms with van der Waals surface area (Å²) in [7, 11) is 1.96. The molecule has 3 aromatic rings. The van der Waals surface area contributed by atoms with Crippen LogP contribution in [-0.2, 0) is 9.53 Å². The average Bonchev–Trinajstić information content (AvgIpc) is 3.48. The lowest BCUT2D eigenvalue weighted by atomic mass is 10.00. The van der Waals surface area contributed by atoms with E-state index >= 15 is 0 Å². The Morgan fingerprint density at radius 2 is 2.15 bits per heavy atom. The molecule has 0 bridgehead atoms. The Balaban J connectivity index is 1.36. The first-order valence-electron chi connectivity index (χ1n) is 10.8. The van der Waals surface area contributed by atoms with E-state index in [1.165, 1.54) is 18.4 Å². The number of hydrogen-bond acceptors (Lipinski definition) is 7. The van der Waals surface area contributed by atoms with Crippen molar-refractivity contribution >= 4 is 11.7 Å². The van der Waals surface area contributed by atoms with Gasteiger partial charge in [-0.25, -0.2) is 9.37 Å². The van der Waals surface area contributed by atoms with Gasteiger partial charge in [0.2, 0.25) is 5.91 Å². The number of imidazole rings is 1. The summed E-state index contributed by atoms with van der Waals surface area (Å²) in [6.45, 7) is 1.88. The van der Waals surface area contributed by atoms with E-state index in [1.807, 2.05) is 7.05 Å². The number of Topliss-reactive ketones (excluding diaryl/α,β-unsaturated/α-hetero) is 1. The van der Waals surface area contributed by atoms with Crippen LogP contribution in [0.5, 0.6) is 0 Å². The van der Waals surface area contributed by atoms with E-state index in [1.54, 1.807) is 24.4 Å². The second kappa shape index (κ2) is 10.5. The molecule has 174 valence electrons. The first-order chi connectivity index (χ1) is 16.0. The van der Waals surface area contributed by atoms with Crippen molar-refractivity contribution in [2.24, 2.45) is 5.92 Å². The zero-order chi connectivity index (χ0) is 23.2. The van der Waals surface area contributed by atoms with Crippen molar-refractivity contribution in [1.29, 1.82) is 0 Å².